The molecule has 0 atom stereocenters. The van der Waals surface area contributed by atoms with Crippen LogP contribution in [0.4, 0.5) is 4.39 Å². The second-order valence-electron chi connectivity index (χ2n) is 3.53. The van der Waals surface area contributed by atoms with Gasteiger partial charge in [-0.3, -0.25) is 0 Å². The summed E-state index contributed by atoms with van der Waals surface area (Å²) >= 11 is 10.8. The number of hydrogen-bond donors (Lipinski definition) is 1. The van der Waals surface area contributed by atoms with E-state index in [-0.39, 0.29) is 5.82 Å². The van der Waals surface area contributed by atoms with E-state index < -0.39 is 0 Å². The van der Waals surface area contributed by atoms with Crippen molar-refractivity contribution in [3.8, 4) is 0 Å². The quantitative estimate of drug-likeness (QED) is 0.862. The fourth-order valence-corrected chi connectivity index (χ4v) is 3.20. The normalized spacial score (nSPS) is 10.8. The van der Waals surface area contributed by atoms with Gasteiger partial charge in [0.2, 0.25) is 0 Å². The van der Waals surface area contributed by atoms with Crippen LogP contribution in [0.3, 0.4) is 0 Å². The summed E-state index contributed by atoms with van der Waals surface area (Å²) in [4.78, 5) is 1.12. The topological polar surface area (TPSA) is 12.0 Å². The van der Waals surface area contributed by atoms with Crippen LogP contribution in [-0.2, 0) is 13.1 Å². The van der Waals surface area contributed by atoms with E-state index in [2.05, 4.69) is 21.2 Å². The molecule has 90 valence electrons. The monoisotopic (exact) mass is 333 g/mol. The van der Waals surface area contributed by atoms with Gasteiger partial charge in [0.25, 0.3) is 0 Å². The summed E-state index contributed by atoms with van der Waals surface area (Å²) in [6.45, 7) is 1.20. The SMILES string of the molecule is Fc1ccccc1CNCc1cc(Br)c(Cl)s1. The van der Waals surface area contributed by atoms with E-state index in [4.69, 9.17) is 11.6 Å². The lowest BCUT2D eigenvalue weighted by Crippen LogP contribution is -2.12. The lowest BCUT2D eigenvalue weighted by atomic mass is 10.2. The second kappa shape index (κ2) is 5.96. The molecule has 0 spiro atoms. The molecular weight excluding hydrogens is 325 g/mol. The molecule has 2 aromatic rings. The van der Waals surface area contributed by atoms with Crippen LogP contribution in [0.15, 0.2) is 34.8 Å². The Morgan fingerprint density at radius 2 is 2.06 bits per heavy atom. The predicted molar refractivity (Wildman–Crippen MR) is 74.0 cm³/mol. The molecule has 5 heteroatoms. The van der Waals surface area contributed by atoms with Crippen LogP contribution < -0.4 is 5.32 Å². The summed E-state index contributed by atoms with van der Waals surface area (Å²) in [7, 11) is 0. The summed E-state index contributed by atoms with van der Waals surface area (Å²) in [5.41, 5.74) is 0.675. The molecule has 0 radical (unpaired) electrons. The first-order valence-electron chi connectivity index (χ1n) is 5.04. The fourth-order valence-electron chi connectivity index (χ4n) is 1.44. The van der Waals surface area contributed by atoms with E-state index in [1.807, 2.05) is 12.1 Å². The third-order valence-electron chi connectivity index (χ3n) is 2.27. The number of benzene rings is 1. The zero-order valence-electron chi connectivity index (χ0n) is 8.84. The smallest absolute Gasteiger partial charge is 0.127 e. The highest BCUT2D eigenvalue weighted by Gasteiger charge is 2.05. The number of rotatable bonds is 4. The average molecular weight is 335 g/mol. The van der Waals surface area contributed by atoms with Crippen molar-refractivity contribution in [2.45, 2.75) is 13.1 Å². The third-order valence-corrected chi connectivity index (χ3v) is 4.74. The molecule has 1 heterocycles. The molecule has 1 aromatic heterocycles. The largest absolute Gasteiger partial charge is 0.308 e. The number of hydrogen-bond acceptors (Lipinski definition) is 2. The maximum Gasteiger partial charge on any atom is 0.127 e. The Hall–Kier alpha value is -0.420. The minimum atomic E-state index is -0.176. The lowest BCUT2D eigenvalue weighted by Gasteiger charge is -2.04. The van der Waals surface area contributed by atoms with Crippen LogP contribution >= 0.6 is 38.9 Å². The van der Waals surface area contributed by atoms with Crippen molar-refractivity contribution in [2.75, 3.05) is 0 Å². The molecular formula is C12H10BrClFNS. The van der Waals surface area contributed by atoms with E-state index in [9.17, 15) is 4.39 Å². The lowest BCUT2D eigenvalue weighted by molar-refractivity contribution is 0.589. The zero-order chi connectivity index (χ0) is 12.3. The van der Waals surface area contributed by atoms with Crippen molar-refractivity contribution in [3.05, 3.63) is 55.4 Å². The third kappa shape index (κ3) is 3.52. The first kappa shape index (κ1) is 13.0. The van der Waals surface area contributed by atoms with Gasteiger partial charge in [-0.1, -0.05) is 29.8 Å². The predicted octanol–water partition coefficient (Wildman–Crippen LogP) is 4.59. The Labute approximate surface area is 117 Å². The molecule has 0 bridgehead atoms. The zero-order valence-corrected chi connectivity index (χ0v) is 12.0. The second-order valence-corrected chi connectivity index (χ2v) is 6.12. The first-order valence-corrected chi connectivity index (χ1v) is 7.03. The van der Waals surface area contributed by atoms with Crippen LogP contribution in [0.1, 0.15) is 10.4 Å². The molecule has 1 aromatic carbocycles. The molecule has 2 rings (SSSR count). The van der Waals surface area contributed by atoms with Gasteiger partial charge in [-0.2, -0.15) is 0 Å². The number of nitrogens with one attached hydrogen (secondary N) is 1. The van der Waals surface area contributed by atoms with E-state index in [0.717, 1.165) is 13.7 Å². The Kier molecular flexibility index (Phi) is 4.56. The van der Waals surface area contributed by atoms with E-state index in [0.29, 0.717) is 18.7 Å². The van der Waals surface area contributed by atoms with Crippen molar-refractivity contribution in [1.29, 1.82) is 0 Å². The van der Waals surface area contributed by atoms with Crippen LogP contribution in [-0.4, -0.2) is 0 Å². The van der Waals surface area contributed by atoms with Crippen molar-refractivity contribution in [3.63, 3.8) is 0 Å². The average Bonchev–Trinajstić information content (AvgIpc) is 2.61. The first-order chi connectivity index (χ1) is 8.16. The summed E-state index contributed by atoms with van der Waals surface area (Å²) < 4.78 is 15.0. The molecule has 0 saturated carbocycles. The van der Waals surface area contributed by atoms with Gasteiger partial charge in [0.05, 0.1) is 0 Å². The summed E-state index contributed by atoms with van der Waals surface area (Å²) in [5, 5.41) is 3.19. The number of thiophene rings is 1. The van der Waals surface area contributed by atoms with Crippen LogP contribution in [0.5, 0.6) is 0 Å². The van der Waals surface area contributed by atoms with E-state index in [1.54, 1.807) is 12.1 Å². The summed E-state index contributed by atoms with van der Waals surface area (Å²) in [6, 6.07) is 8.74. The molecule has 1 N–H and O–H groups in total. The number of halogens is 3. The Balaban J connectivity index is 1.90. The highest BCUT2D eigenvalue weighted by molar-refractivity contribution is 9.10. The van der Waals surface area contributed by atoms with Gasteiger partial charge in [0.15, 0.2) is 0 Å². The Bertz CT molecular complexity index is 495. The summed E-state index contributed by atoms with van der Waals surface area (Å²) in [5.74, 6) is -0.176. The highest BCUT2D eigenvalue weighted by Crippen LogP contribution is 2.31. The molecule has 0 aliphatic heterocycles. The van der Waals surface area contributed by atoms with Gasteiger partial charge in [-0.15, -0.1) is 11.3 Å². The van der Waals surface area contributed by atoms with Crippen molar-refractivity contribution in [1.82, 2.24) is 5.32 Å². The van der Waals surface area contributed by atoms with Gasteiger partial charge >= 0.3 is 0 Å². The van der Waals surface area contributed by atoms with Crippen molar-refractivity contribution in [2.24, 2.45) is 0 Å². The van der Waals surface area contributed by atoms with Gasteiger partial charge in [-0.05, 0) is 28.1 Å². The fraction of sp³-hybridized carbons (Fsp3) is 0.167. The molecule has 17 heavy (non-hydrogen) atoms. The standard InChI is InChI=1S/C12H10BrClFNS/c13-10-5-9(17-12(10)14)7-16-6-8-3-1-2-4-11(8)15/h1-5,16H,6-7H2. The molecule has 0 aliphatic rings. The van der Waals surface area contributed by atoms with Crippen LogP contribution in [0.25, 0.3) is 0 Å². The van der Waals surface area contributed by atoms with Crippen molar-refractivity contribution < 1.29 is 4.39 Å². The van der Waals surface area contributed by atoms with Gasteiger partial charge in [0.1, 0.15) is 10.2 Å². The van der Waals surface area contributed by atoms with Gasteiger partial charge < -0.3 is 5.32 Å². The maximum atomic E-state index is 13.3. The van der Waals surface area contributed by atoms with Crippen molar-refractivity contribution >= 4 is 38.9 Å². The Morgan fingerprint density at radius 1 is 1.29 bits per heavy atom. The Morgan fingerprint density at radius 3 is 2.71 bits per heavy atom. The molecule has 0 unspecified atom stereocenters. The van der Waals surface area contributed by atoms with E-state index >= 15 is 0 Å². The minimum Gasteiger partial charge on any atom is -0.308 e. The van der Waals surface area contributed by atoms with Crippen LogP contribution in [0.2, 0.25) is 4.34 Å². The summed E-state index contributed by atoms with van der Waals surface area (Å²) in [6.07, 6.45) is 0. The van der Waals surface area contributed by atoms with Gasteiger partial charge in [-0.25, -0.2) is 4.39 Å². The highest BCUT2D eigenvalue weighted by atomic mass is 79.9. The van der Waals surface area contributed by atoms with E-state index in [1.165, 1.54) is 17.4 Å². The molecule has 1 nitrogen and oxygen atoms in total. The van der Waals surface area contributed by atoms with Crippen LogP contribution in [0, 0.1) is 5.82 Å². The molecule has 0 fully saturated rings. The molecule has 0 aliphatic carbocycles. The maximum absolute atomic E-state index is 13.3. The minimum absolute atomic E-state index is 0.176. The van der Waals surface area contributed by atoms with Gasteiger partial charge in [0, 0.05) is 28.0 Å². The molecule has 0 amide bonds. The molecule has 0 saturated heterocycles.